The lowest BCUT2D eigenvalue weighted by atomic mass is 10.1. The van der Waals surface area contributed by atoms with Gasteiger partial charge in [-0.25, -0.2) is 4.98 Å². The minimum Gasteiger partial charge on any atom is -0.328 e. The SMILES string of the molecule is Cl.NC1CCN(CC(=O)Nc2nc3ccccc3s2)CC1. The first kappa shape index (κ1) is 16.2. The van der Waals surface area contributed by atoms with Gasteiger partial charge in [-0.1, -0.05) is 23.5 Å². The fourth-order valence-electron chi connectivity index (χ4n) is 2.40. The van der Waals surface area contributed by atoms with E-state index in [1.165, 1.54) is 11.3 Å². The predicted octanol–water partition coefficient (Wildman–Crippen LogP) is 2.08. The highest BCUT2D eigenvalue weighted by molar-refractivity contribution is 7.22. The van der Waals surface area contributed by atoms with Crippen molar-refractivity contribution < 1.29 is 4.79 Å². The second kappa shape index (κ2) is 7.17. The van der Waals surface area contributed by atoms with Crippen molar-refractivity contribution in [3.8, 4) is 0 Å². The maximum atomic E-state index is 12.0. The summed E-state index contributed by atoms with van der Waals surface area (Å²) in [5.74, 6) is -0.000437. The number of likely N-dealkylation sites (tertiary alicyclic amines) is 1. The van der Waals surface area contributed by atoms with Gasteiger partial charge in [0.2, 0.25) is 5.91 Å². The number of benzene rings is 1. The average molecular weight is 327 g/mol. The highest BCUT2D eigenvalue weighted by atomic mass is 35.5. The number of nitrogens with two attached hydrogens (primary N) is 1. The average Bonchev–Trinajstić information content (AvgIpc) is 2.83. The van der Waals surface area contributed by atoms with Crippen molar-refractivity contribution >= 4 is 45.0 Å². The molecule has 0 radical (unpaired) electrons. The van der Waals surface area contributed by atoms with Crippen LogP contribution in [-0.2, 0) is 4.79 Å². The Bertz CT molecular complexity index is 577. The first-order valence-electron chi connectivity index (χ1n) is 6.84. The van der Waals surface area contributed by atoms with E-state index >= 15 is 0 Å². The number of thiazole rings is 1. The number of aromatic nitrogens is 1. The van der Waals surface area contributed by atoms with Crippen molar-refractivity contribution in [1.82, 2.24) is 9.88 Å². The van der Waals surface area contributed by atoms with Crippen LogP contribution < -0.4 is 11.1 Å². The number of halogens is 1. The monoisotopic (exact) mass is 326 g/mol. The Balaban J connectivity index is 0.00000161. The highest BCUT2D eigenvalue weighted by Gasteiger charge is 2.18. The Kier molecular flexibility index (Phi) is 5.52. The number of hydrogen-bond donors (Lipinski definition) is 2. The van der Waals surface area contributed by atoms with Gasteiger partial charge in [-0.3, -0.25) is 9.69 Å². The second-order valence-electron chi connectivity index (χ2n) is 5.15. The molecule has 0 saturated carbocycles. The van der Waals surface area contributed by atoms with Gasteiger partial charge in [0.25, 0.3) is 0 Å². The zero-order valence-corrected chi connectivity index (χ0v) is 13.3. The molecule has 0 unspecified atom stereocenters. The van der Waals surface area contributed by atoms with Crippen LogP contribution in [0.2, 0.25) is 0 Å². The fraction of sp³-hybridized carbons (Fsp3) is 0.429. The molecular formula is C14H19ClN4OS. The number of nitrogens with one attached hydrogen (secondary N) is 1. The molecule has 1 aliphatic heterocycles. The number of hydrogen-bond acceptors (Lipinski definition) is 5. The van der Waals surface area contributed by atoms with Gasteiger partial charge in [-0.15, -0.1) is 12.4 Å². The van der Waals surface area contributed by atoms with E-state index in [2.05, 4.69) is 15.2 Å². The smallest absolute Gasteiger partial charge is 0.240 e. The van der Waals surface area contributed by atoms with Gasteiger partial charge < -0.3 is 11.1 Å². The number of anilines is 1. The van der Waals surface area contributed by atoms with Gasteiger partial charge in [0.1, 0.15) is 0 Å². The molecule has 21 heavy (non-hydrogen) atoms. The van der Waals surface area contributed by atoms with E-state index in [1.807, 2.05) is 24.3 Å². The number of amides is 1. The number of carbonyl (C=O) groups is 1. The molecule has 2 heterocycles. The van der Waals surface area contributed by atoms with E-state index in [0.717, 1.165) is 36.1 Å². The number of para-hydroxylation sites is 1. The summed E-state index contributed by atoms with van der Waals surface area (Å²) >= 11 is 1.51. The summed E-state index contributed by atoms with van der Waals surface area (Å²) in [6.45, 7) is 2.21. The summed E-state index contributed by atoms with van der Waals surface area (Å²) in [5, 5.41) is 3.56. The lowest BCUT2D eigenvalue weighted by Gasteiger charge is -2.29. The first-order valence-corrected chi connectivity index (χ1v) is 7.66. The van der Waals surface area contributed by atoms with Crippen LogP contribution in [0, 0.1) is 0 Å². The van der Waals surface area contributed by atoms with Crippen molar-refractivity contribution in [1.29, 1.82) is 0 Å². The molecule has 114 valence electrons. The lowest BCUT2D eigenvalue weighted by Crippen LogP contribution is -2.43. The molecule has 3 N–H and O–H groups in total. The molecule has 1 aliphatic rings. The van der Waals surface area contributed by atoms with Crippen LogP contribution >= 0.6 is 23.7 Å². The van der Waals surface area contributed by atoms with Gasteiger partial charge in [0.05, 0.1) is 16.8 Å². The van der Waals surface area contributed by atoms with Gasteiger partial charge in [-0.05, 0) is 25.0 Å². The predicted molar refractivity (Wildman–Crippen MR) is 89.1 cm³/mol. The number of piperidine rings is 1. The Morgan fingerprint density at radius 2 is 2.10 bits per heavy atom. The van der Waals surface area contributed by atoms with Gasteiger partial charge in [0, 0.05) is 19.1 Å². The summed E-state index contributed by atoms with van der Waals surface area (Å²) in [7, 11) is 0. The molecule has 7 heteroatoms. The third-order valence-corrected chi connectivity index (χ3v) is 4.49. The summed E-state index contributed by atoms with van der Waals surface area (Å²) in [6, 6.07) is 8.18. The fourth-order valence-corrected chi connectivity index (χ4v) is 3.28. The van der Waals surface area contributed by atoms with Crippen LogP contribution in [0.1, 0.15) is 12.8 Å². The van der Waals surface area contributed by atoms with Crippen LogP contribution in [0.25, 0.3) is 10.2 Å². The molecule has 0 spiro atoms. The number of rotatable bonds is 3. The molecule has 0 bridgehead atoms. The third-order valence-electron chi connectivity index (χ3n) is 3.54. The van der Waals surface area contributed by atoms with E-state index < -0.39 is 0 Å². The standard InChI is InChI=1S/C14H18N4OS.ClH/c15-10-5-7-18(8-6-10)9-13(19)17-14-16-11-3-1-2-4-12(11)20-14;/h1-4,10H,5-9,15H2,(H,16,17,19);1H. The minimum absolute atomic E-state index is 0. The molecule has 0 atom stereocenters. The van der Waals surface area contributed by atoms with Crippen LogP contribution in [0.3, 0.4) is 0 Å². The zero-order chi connectivity index (χ0) is 13.9. The Hall–Kier alpha value is -1.21. The van der Waals surface area contributed by atoms with Gasteiger partial charge in [-0.2, -0.15) is 0 Å². The largest absolute Gasteiger partial charge is 0.328 e. The molecule has 1 saturated heterocycles. The van der Waals surface area contributed by atoms with Crippen molar-refractivity contribution in [2.45, 2.75) is 18.9 Å². The lowest BCUT2D eigenvalue weighted by molar-refractivity contribution is -0.117. The number of fused-ring (bicyclic) bond motifs is 1. The Morgan fingerprint density at radius 1 is 1.38 bits per heavy atom. The van der Waals surface area contributed by atoms with Crippen molar-refractivity contribution in [2.75, 3.05) is 25.0 Å². The molecule has 1 aromatic heterocycles. The number of carbonyl (C=O) groups excluding carboxylic acids is 1. The van der Waals surface area contributed by atoms with Gasteiger partial charge >= 0.3 is 0 Å². The van der Waals surface area contributed by atoms with Gasteiger partial charge in [0.15, 0.2) is 5.13 Å². The van der Waals surface area contributed by atoms with E-state index in [1.54, 1.807) is 0 Å². The molecule has 1 amide bonds. The minimum atomic E-state index is -0.000437. The molecule has 1 aromatic carbocycles. The molecular weight excluding hydrogens is 308 g/mol. The van der Waals surface area contributed by atoms with Crippen LogP contribution in [0.5, 0.6) is 0 Å². The zero-order valence-electron chi connectivity index (χ0n) is 11.6. The maximum absolute atomic E-state index is 12.0. The topological polar surface area (TPSA) is 71.2 Å². The summed E-state index contributed by atoms with van der Waals surface area (Å²) in [6.07, 6.45) is 1.93. The molecule has 1 fully saturated rings. The van der Waals surface area contributed by atoms with Crippen molar-refractivity contribution in [2.24, 2.45) is 5.73 Å². The summed E-state index contributed by atoms with van der Waals surface area (Å²) < 4.78 is 1.09. The third kappa shape index (κ3) is 4.14. The van der Waals surface area contributed by atoms with E-state index in [-0.39, 0.29) is 18.3 Å². The second-order valence-corrected chi connectivity index (χ2v) is 6.18. The van der Waals surface area contributed by atoms with Crippen LogP contribution in [0.4, 0.5) is 5.13 Å². The molecule has 0 aliphatic carbocycles. The van der Waals surface area contributed by atoms with E-state index in [9.17, 15) is 4.79 Å². The van der Waals surface area contributed by atoms with Crippen molar-refractivity contribution in [3.63, 3.8) is 0 Å². The van der Waals surface area contributed by atoms with Crippen LogP contribution in [0.15, 0.2) is 24.3 Å². The van der Waals surface area contributed by atoms with E-state index in [0.29, 0.717) is 17.7 Å². The number of nitrogens with zero attached hydrogens (tertiary/aromatic N) is 2. The van der Waals surface area contributed by atoms with E-state index in [4.69, 9.17) is 5.73 Å². The molecule has 2 aromatic rings. The molecule has 3 rings (SSSR count). The van der Waals surface area contributed by atoms with Crippen molar-refractivity contribution in [3.05, 3.63) is 24.3 Å². The maximum Gasteiger partial charge on any atom is 0.240 e. The highest BCUT2D eigenvalue weighted by Crippen LogP contribution is 2.25. The quantitative estimate of drug-likeness (QED) is 0.906. The Labute approximate surface area is 133 Å². The summed E-state index contributed by atoms with van der Waals surface area (Å²) in [4.78, 5) is 18.6. The Morgan fingerprint density at radius 3 is 2.81 bits per heavy atom. The summed E-state index contributed by atoms with van der Waals surface area (Å²) in [5.41, 5.74) is 6.79. The normalized spacial score (nSPS) is 16.6. The molecule has 5 nitrogen and oxygen atoms in total. The first-order chi connectivity index (χ1) is 9.70. The van der Waals surface area contributed by atoms with Crippen LogP contribution in [-0.4, -0.2) is 41.5 Å².